The van der Waals surface area contributed by atoms with Crippen LogP contribution in [-0.4, -0.2) is 18.1 Å². The average Bonchev–Trinajstić information content (AvgIpc) is 2.47. The number of aryl methyl sites for hydroxylation is 1. The van der Waals surface area contributed by atoms with E-state index in [0.29, 0.717) is 0 Å². The zero-order chi connectivity index (χ0) is 14.4. The number of pyridine rings is 1. The second kappa shape index (κ2) is 7.28. The van der Waals surface area contributed by atoms with Crippen LogP contribution in [0, 0.1) is 6.92 Å². The summed E-state index contributed by atoms with van der Waals surface area (Å²) < 4.78 is 0. The molecule has 0 spiro atoms. The molecule has 1 aromatic carbocycles. The first kappa shape index (κ1) is 14.8. The van der Waals surface area contributed by atoms with Crippen molar-refractivity contribution in [3.63, 3.8) is 0 Å². The average molecular weight is 270 g/mol. The monoisotopic (exact) mass is 270 g/mol. The first-order valence-electron chi connectivity index (χ1n) is 7.87. The molecule has 2 aromatic rings. The Kier molecular flexibility index (Phi) is 5.40. The minimum absolute atomic E-state index is 1.11. The topological polar surface area (TPSA) is 16.1 Å². The number of anilines is 1. The Bertz CT molecular complexity index is 540. The SMILES string of the molecule is CCCCN(CCCC)c1cc(C)c2ccccc2n1. The van der Waals surface area contributed by atoms with E-state index in [-0.39, 0.29) is 0 Å². The number of aromatic nitrogens is 1. The second-order valence-electron chi connectivity index (χ2n) is 5.51. The Balaban J connectivity index is 2.31. The maximum atomic E-state index is 4.87. The highest BCUT2D eigenvalue weighted by atomic mass is 15.2. The van der Waals surface area contributed by atoms with Crippen LogP contribution in [0.25, 0.3) is 10.9 Å². The zero-order valence-electron chi connectivity index (χ0n) is 13.0. The van der Waals surface area contributed by atoms with Crippen LogP contribution in [0.5, 0.6) is 0 Å². The Labute approximate surface area is 122 Å². The van der Waals surface area contributed by atoms with E-state index >= 15 is 0 Å². The number of fused-ring (bicyclic) bond motifs is 1. The largest absolute Gasteiger partial charge is 0.357 e. The van der Waals surface area contributed by atoms with Gasteiger partial charge in [0.05, 0.1) is 5.52 Å². The van der Waals surface area contributed by atoms with Crippen LogP contribution >= 0.6 is 0 Å². The van der Waals surface area contributed by atoms with Gasteiger partial charge in [0.1, 0.15) is 5.82 Å². The van der Waals surface area contributed by atoms with Crippen molar-refractivity contribution in [2.75, 3.05) is 18.0 Å². The third kappa shape index (κ3) is 3.50. The predicted octanol–water partition coefficient (Wildman–Crippen LogP) is 4.95. The van der Waals surface area contributed by atoms with Gasteiger partial charge in [-0.3, -0.25) is 0 Å². The number of benzene rings is 1. The van der Waals surface area contributed by atoms with Crippen LogP contribution in [0.3, 0.4) is 0 Å². The molecule has 0 saturated heterocycles. The van der Waals surface area contributed by atoms with E-state index in [1.807, 2.05) is 0 Å². The third-order valence-corrected chi connectivity index (χ3v) is 3.80. The number of para-hydroxylation sites is 1. The summed E-state index contributed by atoms with van der Waals surface area (Å²) in [5.74, 6) is 1.14. The third-order valence-electron chi connectivity index (χ3n) is 3.80. The van der Waals surface area contributed by atoms with Crippen molar-refractivity contribution in [1.29, 1.82) is 0 Å². The van der Waals surface area contributed by atoms with Gasteiger partial charge in [0.2, 0.25) is 0 Å². The molecular formula is C18H26N2. The molecule has 0 bridgehead atoms. The van der Waals surface area contributed by atoms with Crippen molar-refractivity contribution in [2.24, 2.45) is 0 Å². The Hall–Kier alpha value is -1.57. The molecule has 1 aromatic heterocycles. The fourth-order valence-electron chi connectivity index (χ4n) is 2.53. The first-order valence-corrected chi connectivity index (χ1v) is 7.87. The van der Waals surface area contributed by atoms with Gasteiger partial charge in [0.15, 0.2) is 0 Å². The highest BCUT2D eigenvalue weighted by Gasteiger charge is 2.09. The molecule has 2 heteroatoms. The minimum Gasteiger partial charge on any atom is -0.357 e. The van der Waals surface area contributed by atoms with Gasteiger partial charge in [-0.15, -0.1) is 0 Å². The van der Waals surface area contributed by atoms with Crippen LogP contribution in [0.1, 0.15) is 45.1 Å². The molecule has 2 nitrogen and oxygen atoms in total. The van der Waals surface area contributed by atoms with E-state index in [1.54, 1.807) is 0 Å². The maximum absolute atomic E-state index is 4.87. The number of hydrogen-bond donors (Lipinski definition) is 0. The lowest BCUT2D eigenvalue weighted by molar-refractivity contribution is 0.672. The molecule has 0 aliphatic carbocycles. The molecule has 0 fully saturated rings. The van der Waals surface area contributed by atoms with Crippen molar-refractivity contribution < 1.29 is 0 Å². The van der Waals surface area contributed by atoms with Crippen molar-refractivity contribution >= 4 is 16.7 Å². The van der Waals surface area contributed by atoms with Gasteiger partial charge in [-0.05, 0) is 37.5 Å². The van der Waals surface area contributed by atoms with Gasteiger partial charge < -0.3 is 4.90 Å². The summed E-state index contributed by atoms with van der Waals surface area (Å²) >= 11 is 0. The summed E-state index contributed by atoms with van der Waals surface area (Å²) in [5, 5.41) is 1.27. The predicted molar refractivity (Wildman–Crippen MR) is 88.5 cm³/mol. The Morgan fingerprint density at radius 2 is 1.65 bits per heavy atom. The van der Waals surface area contributed by atoms with E-state index in [2.05, 4.69) is 56.0 Å². The van der Waals surface area contributed by atoms with Crippen LogP contribution < -0.4 is 4.90 Å². The van der Waals surface area contributed by atoms with Gasteiger partial charge >= 0.3 is 0 Å². The van der Waals surface area contributed by atoms with Crippen molar-refractivity contribution in [3.8, 4) is 0 Å². The van der Waals surface area contributed by atoms with Crippen LogP contribution in [-0.2, 0) is 0 Å². The van der Waals surface area contributed by atoms with E-state index in [1.165, 1.54) is 36.6 Å². The van der Waals surface area contributed by atoms with Crippen molar-refractivity contribution in [2.45, 2.75) is 46.5 Å². The number of hydrogen-bond acceptors (Lipinski definition) is 2. The van der Waals surface area contributed by atoms with Gasteiger partial charge in [-0.2, -0.15) is 0 Å². The molecule has 0 atom stereocenters. The Morgan fingerprint density at radius 3 is 2.30 bits per heavy atom. The highest BCUT2D eigenvalue weighted by molar-refractivity contribution is 5.83. The molecule has 1 heterocycles. The van der Waals surface area contributed by atoms with Crippen molar-refractivity contribution in [1.82, 2.24) is 4.98 Å². The van der Waals surface area contributed by atoms with Gasteiger partial charge in [-0.25, -0.2) is 4.98 Å². The van der Waals surface area contributed by atoms with Crippen molar-refractivity contribution in [3.05, 3.63) is 35.9 Å². The normalized spacial score (nSPS) is 10.9. The fraction of sp³-hybridized carbons (Fsp3) is 0.500. The lowest BCUT2D eigenvalue weighted by atomic mass is 10.1. The Morgan fingerprint density at radius 1 is 1.00 bits per heavy atom. The second-order valence-corrected chi connectivity index (χ2v) is 5.51. The quantitative estimate of drug-likeness (QED) is 0.707. The fourth-order valence-corrected chi connectivity index (χ4v) is 2.53. The molecule has 0 N–H and O–H groups in total. The summed E-state index contributed by atoms with van der Waals surface area (Å²) in [7, 11) is 0. The standard InChI is InChI=1S/C18H26N2/c1-4-6-12-20(13-7-5-2)18-14-15(3)16-10-8-9-11-17(16)19-18/h8-11,14H,4-7,12-13H2,1-3H3. The smallest absolute Gasteiger partial charge is 0.129 e. The maximum Gasteiger partial charge on any atom is 0.129 e. The molecule has 2 rings (SSSR count). The van der Waals surface area contributed by atoms with Crippen LogP contribution in [0.15, 0.2) is 30.3 Å². The molecular weight excluding hydrogens is 244 g/mol. The van der Waals surface area contributed by atoms with Gasteiger partial charge in [-0.1, -0.05) is 44.9 Å². The minimum atomic E-state index is 1.11. The first-order chi connectivity index (χ1) is 9.76. The number of unbranched alkanes of at least 4 members (excludes halogenated alkanes) is 2. The molecule has 0 amide bonds. The van der Waals surface area contributed by atoms with Crippen LogP contribution in [0.4, 0.5) is 5.82 Å². The number of nitrogens with zero attached hydrogens (tertiary/aromatic N) is 2. The van der Waals surface area contributed by atoms with E-state index < -0.39 is 0 Å². The summed E-state index contributed by atoms with van der Waals surface area (Å²) in [4.78, 5) is 7.32. The number of rotatable bonds is 7. The van der Waals surface area contributed by atoms with Gasteiger partial charge in [0.25, 0.3) is 0 Å². The lowest BCUT2D eigenvalue weighted by Gasteiger charge is -2.24. The molecule has 0 aliphatic rings. The molecule has 0 radical (unpaired) electrons. The molecule has 0 unspecified atom stereocenters. The van der Waals surface area contributed by atoms with Crippen LogP contribution in [0.2, 0.25) is 0 Å². The van der Waals surface area contributed by atoms with Gasteiger partial charge in [0, 0.05) is 18.5 Å². The molecule has 108 valence electrons. The summed E-state index contributed by atoms with van der Waals surface area (Å²) in [5.41, 5.74) is 2.43. The zero-order valence-corrected chi connectivity index (χ0v) is 13.0. The van der Waals surface area contributed by atoms with E-state index in [9.17, 15) is 0 Å². The van der Waals surface area contributed by atoms with E-state index in [0.717, 1.165) is 24.4 Å². The summed E-state index contributed by atoms with van der Waals surface area (Å²) in [6.45, 7) is 8.90. The van der Waals surface area contributed by atoms with E-state index in [4.69, 9.17) is 4.98 Å². The molecule has 0 saturated carbocycles. The summed E-state index contributed by atoms with van der Waals surface area (Å²) in [6, 6.07) is 10.7. The molecule has 0 aliphatic heterocycles. The molecule has 20 heavy (non-hydrogen) atoms. The summed E-state index contributed by atoms with van der Waals surface area (Å²) in [6.07, 6.45) is 4.93. The lowest BCUT2D eigenvalue weighted by Crippen LogP contribution is -2.26. The highest BCUT2D eigenvalue weighted by Crippen LogP contribution is 2.22.